The highest BCUT2D eigenvalue weighted by atomic mass is 32.2. The van der Waals surface area contributed by atoms with Crippen LogP contribution < -0.4 is 0 Å². The van der Waals surface area contributed by atoms with Crippen molar-refractivity contribution in [1.82, 2.24) is 9.88 Å². The summed E-state index contributed by atoms with van der Waals surface area (Å²) in [5.41, 5.74) is 0.955. The van der Waals surface area contributed by atoms with E-state index in [1.807, 2.05) is 36.4 Å². The molecule has 2 aliphatic rings. The van der Waals surface area contributed by atoms with Crippen LogP contribution in [0.5, 0.6) is 0 Å². The van der Waals surface area contributed by atoms with Crippen LogP contribution in [0.1, 0.15) is 0 Å². The number of amidine groups is 1. The largest absolute Gasteiger partial charge is 0.335 e. The third-order valence-electron chi connectivity index (χ3n) is 2.30. The van der Waals surface area contributed by atoms with E-state index in [9.17, 15) is 0 Å². The number of aromatic nitrogens is 1. The molecule has 0 aliphatic carbocycles. The summed E-state index contributed by atoms with van der Waals surface area (Å²) in [5, 5.41) is 0.983. The molecule has 0 radical (unpaired) electrons. The lowest BCUT2D eigenvalue weighted by Crippen LogP contribution is -2.25. The van der Waals surface area contributed by atoms with Crippen LogP contribution in [0.25, 0.3) is 0 Å². The molecule has 3 rings (SSSR count). The molecule has 1 aromatic heterocycles. The van der Waals surface area contributed by atoms with E-state index in [2.05, 4.69) is 16.1 Å². The summed E-state index contributed by atoms with van der Waals surface area (Å²) < 4.78 is 0. The van der Waals surface area contributed by atoms with E-state index in [0.717, 1.165) is 21.5 Å². The molecule has 3 nitrogen and oxygen atoms in total. The summed E-state index contributed by atoms with van der Waals surface area (Å²) in [6.07, 6.45) is 7.90. The Morgan fingerprint density at radius 2 is 2.33 bits per heavy atom. The Morgan fingerprint density at radius 3 is 3.27 bits per heavy atom. The maximum absolute atomic E-state index is 4.59. The molecule has 2 aliphatic heterocycles. The standard InChI is InChI=1S/C11H9N3S/c1-14-7-3-5-9-10(14)13-8-4-2-6-12-11(8)15-9/h2-7H,1H3. The topological polar surface area (TPSA) is 28.5 Å². The summed E-state index contributed by atoms with van der Waals surface area (Å²) in [5.74, 6) is 1.00. The van der Waals surface area contributed by atoms with Crippen molar-refractivity contribution >= 4 is 23.3 Å². The molecule has 4 heteroatoms. The molecular formula is C11H9N3S. The van der Waals surface area contributed by atoms with Gasteiger partial charge in [0.05, 0.1) is 10.6 Å². The SMILES string of the molecule is CN1C=CC=C2Sc3ncccc3N=C21. The Bertz CT molecular complexity index is 502. The van der Waals surface area contributed by atoms with Gasteiger partial charge in [-0.25, -0.2) is 9.98 Å². The summed E-state index contributed by atoms with van der Waals surface area (Å²) >= 11 is 1.67. The van der Waals surface area contributed by atoms with Gasteiger partial charge in [-0.1, -0.05) is 11.8 Å². The van der Waals surface area contributed by atoms with E-state index in [4.69, 9.17) is 0 Å². The first kappa shape index (κ1) is 8.73. The third kappa shape index (κ3) is 1.37. The Hall–Kier alpha value is -1.55. The molecule has 0 spiro atoms. The van der Waals surface area contributed by atoms with Gasteiger partial charge in [-0.3, -0.25) is 0 Å². The summed E-state index contributed by atoms with van der Waals surface area (Å²) in [7, 11) is 2.00. The fourth-order valence-electron chi connectivity index (χ4n) is 1.56. The first-order valence-electron chi connectivity index (χ1n) is 4.68. The molecule has 74 valence electrons. The van der Waals surface area contributed by atoms with Gasteiger partial charge < -0.3 is 4.90 Å². The smallest absolute Gasteiger partial charge is 0.147 e. The number of aliphatic imine (C=N–C) groups is 1. The number of hydrogen-bond acceptors (Lipinski definition) is 4. The third-order valence-corrected chi connectivity index (χ3v) is 3.34. The molecule has 0 N–H and O–H groups in total. The number of thioether (sulfide) groups is 1. The van der Waals surface area contributed by atoms with Crippen LogP contribution in [0.3, 0.4) is 0 Å². The quantitative estimate of drug-likeness (QED) is 0.666. The van der Waals surface area contributed by atoms with Gasteiger partial charge in [0.25, 0.3) is 0 Å². The van der Waals surface area contributed by atoms with Crippen LogP contribution in [0.2, 0.25) is 0 Å². The Balaban J connectivity index is 2.16. The molecule has 0 atom stereocenters. The van der Waals surface area contributed by atoms with Gasteiger partial charge in [0.2, 0.25) is 0 Å². The predicted molar refractivity (Wildman–Crippen MR) is 62.2 cm³/mol. The predicted octanol–water partition coefficient (Wildman–Crippen LogP) is 2.56. The second-order valence-electron chi connectivity index (χ2n) is 3.35. The highest BCUT2D eigenvalue weighted by Crippen LogP contribution is 2.39. The number of likely N-dealkylation sites (N-methyl/N-ethyl adjacent to an activating group) is 1. The van der Waals surface area contributed by atoms with Gasteiger partial charge in [0.1, 0.15) is 10.9 Å². The highest BCUT2D eigenvalue weighted by Gasteiger charge is 2.21. The second kappa shape index (κ2) is 3.24. The van der Waals surface area contributed by atoms with Crippen LogP contribution in [0.4, 0.5) is 5.69 Å². The van der Waals surface area contributed by atoms with Crippen molar-refractivity contribution in [2.75, 3.05) is 7.05 Å². The first-order valence-corrected chi connectivity index (χ1v) is 5.49. The lowest BCUT2D eigenvalue weighted by Gasteiger charge is -2.25. The Morgan fingerprint density at radius 1 is 1.40 bits per heavy atom. The minimum absolute atomic E-state index is 0.955. The Labute approximate surface area is 92.2 Å². The molecular weight excluding hydrogens is 206 g/mol. The van der Waals surface area contributed by atoms with Crippen molar-refractivity contribution in [2.45, 2.75) is 5.03 Å². The van der Waals surface area contributed by atoms with Crippen molar-refractivity contribution in [3.05, 3.63) is 41.6 Å². The summed E-state index contributed by atoms with van der Waals surface area (Å²) in [6, 6.07) is 3.90. The minimum Gasteiger partial charge on any atom is -0.335 e. The van der Waals surface area contributed by atoms with Crippen LogP contribution in [-0.4, -0.2) is 22.8 Å². The first-order chi connectivity index (χ1) is 7.34. The Kier molecular flexibility index (Phi) is 1.89. The molecule has 0 saturated carbocycles. The molecule has 3 heterocycles. The average molecular weight is 215 g/mol. The van der Waals surface area contributed by atoms with E-state index in [1.54, 1.807) is 18.0 Å². The molecule has 0 saturated heterocycles. The van der Waals surface area contributed by atoms with E-state index < -0.39 is 0 Å². The normalized spacial score (nSPS) is 17.8. The van der Waals surface area contributed by atoms with Gasteiger partial charge in [-0.15, -0.1) is 0 Å². The van der Waals surface area contributed by atoms with Gasteiger partial charge in [0.15, 0.2) is 0 Å². The number of allylic oxidation sites excluding steroid dienone is 2. The van der Waals surface area contributed by atoms with Crippen molar-refractivity contribution in [1.29, 1.82) is 0 Å². The van der Waals surface area contributed by atoms with E-state index >= 15 is 0 Å². The number of rotatable bonds is 0. The number of fused-ring (bicyclic) bond motifs is 2. The zero-order valence-corrected chi connectivity index (χ0v) is 9.03. The van der Waals surface area contributed by atoms with Crippen molar-refractivity contribution < 1.29 is 0 Å². The lowest BCUT2D eigenvalue weighted by atomic mass is 10.3. The van der Waals surface area contributed by atoms with Crippen LogP contribution in [-0.2, 0) is 0 Å². The van der Waals surface area contributed by atoms with Crippen LogP contribution in [0, 0.1) is 0 Å². The summed E-state index contributed by atoms with van der Waals surface area (Å²) in [6.45, 7) is 0. The number of hydrogen-bond donors (Lipinski definition) is 0. The highest BCUT2D eigenvalue weighted by molar-refractivity contribution is 8.04. The fourth-order valence-corrected chi connectivity index (χ4v) is 2.52. The molecule has 0 unspecified atom stereocenters. The lowest BCUT2D eigenvalue weighted by molar-refractivity contribution is 0.686. The molecule has 0 amide bonds. The number of nitrogens with zero attached hydrogens (tertiary/aromatic N) is 3. The summed E-state index contributed by atoms with van der Waals surface area (Å²) in [4.78, 5) is 12.1. The molecule has 0 aromatic carbocycles. The molecule has 15 heavy (non-hydrogen) atoms. The molecule has 0 fully saturated rings. The van der Waals surface area contributed by atoms with Crippen molar-refractivity contribution in [2.24, 2.45) is 4.99 Å². The van der Waals surface area contributed by atoms with E-state index in [0.29, 0.717) is 0 Å². The maximum Gasteiger partial charge on any atom is 0.147 e. The van der Waals surface area contributed by atoms with Crippen molar-refractivity contribution in [3.63, 3.8) is 0 Å². The molecule has 0 bridgehead atoms. The minimum atomic E-state index is 0.955. The fraction of sp³-hybridized carbons (Fsp3) is 0.0909. The van der Waals surface area contributed by atoms with E-state index in [1.165, 1.54) is 0 Å². The van der Waals surface area contributed by atoms with Crippen LogP contribution >= 0.6 is 11.8 Å². The van der Waals surface area contributed by atoms with E-state index in [-0.39, 0.29) is 0 Å². The van der Waals surface area contributed by atoms with Gasteiger partial charge in [-0.2, -0.15) is 0 Å². The molecule has 1 aromatic rings. The van der Waals surface area contributed by atoms with Gasteiger partial charge in [0, 0.05) is 19.4 Å². The average Bonchev–Trinajstić information content (AvgIpc) is 2.27. The van der Waals surface area contributed by atoms with Crippen LogP contribution in [0.15, 0.2) is 51.6 Å². The van der Waals surface area contributed by atoms with Gasteiger partial charge in [-0.05, 0) is 24.3 Å². The van der Waals surface area contributed by atoms with Gasteiger partial charge >= 0.3 is 0 Å². The maximum atomic E-state index is 4.59. The monoisotopic (exact) mass is 215 g/mol. The zero-order valence-electron chi connectivity index (χ0n) is 8.21. The number of pyridine rings is 1. The van der Waals surface area contributed by atoms with Crippen molar-refractivity contribution in [3.8, 4) is 0 Å². The zero-order chi connectivity index (χ0) is 10.3. The second-order valence-corrected chi connectivity index (χ2v) is 4.38.